The fraction of sp³-hybridized carbons (Fsp3) is 0.588. The van der Waals surface area contributed by atoms with E-state index in [1.165, 1.54) is 11.1 Å². The summed E-state index contributed by atoms with van der Waals surface area (Å²) in [4.78, 5) is 12.5. The summed E-state index contributed by atoms with van der Waals surface area (Å²) in [6.45, 7) is 4.19. The highest BCUT2D eigenvalue weighted by atomic mass is 35.5. The van der Waals surface area contributed by atoms with E-state index in [2.05, 4.69) is 41.8 Å². The molecule has 21 heavy (non-hydrogen) atoms. The van der Waals surface area contributed by atoms with Crippen LogP contribution >= 0.6 is 12.4 Å². The van der Waals surface area contributed by atoms with Gasteiger partial charge in [-0.3, -0.25) is 4.79 Å². The third kappa shape index (κ3) is 3.58. The second-order valence-corrected chi connectivity index (χ2v) is 6.23. The van der Waals surface area contributed by atoms with Gasteiger partial charge in [0.2, 0.25) is 5.91 Å². The van der Waals surface area contributed by atoms with Gasteiger partial charge in [0.05, 0.1) is 6.04 Å². The summed E-state index contributed by atoms with van der Waals surface area (Å²) in [5.41, 5.74) is 2.73. The average molecular weight is 309 g/mol. The van der Waals surface area contributed by atoms with Gasteiger partial charge >= 0.3 is 0 Å². The molecule has 1 saturated heterocycles. The van der Waals surface area contributed by atoms with Crippen molar-refractivity contribution in [3.63, 3.8) is 0 Å². The fourth-order valence-electron chi connectivity index (χ4n) is 3.50. The molecule has 1 aliphatic heterocycles. The molecule has 2 N–H and O–H groups in total. The molecule has 2 atom stereocenters. The van der Waals surface area contributed by atoms with Crippen LogP contribution in [-0.4, -0.2) is 19.0 Å². The topological polar surface area (TPSA) is 41.1 Å². The maximum atomic E-state index is 12.5. The molecule has 0 aromatic heterocycles. The number of aryl methyl sites for hydroxylation is 1. The first-order valence-electron chi connectivity index (χ1n) is 7.84. The van der Waals surface area contributed by atoms with Crippen molar-refractivity contribution in [1.29, 1.82) is 0 Å². The molecular weight excluding hydrogens is 284 g/mol. The first-order chi connectivity index (χ1) is 9.75. The lowest BCUT2D eigenvalue weighted by Gasteiger charge is -2.33. The van der Waals surface area contributed by atoms with Crippen molar-refractivity contribution in [2.45, 2.75) is 38.6 Å². The molecule has 1 aliphatic carbocycles. The summed E-state index contributed by atoms with van der Waals surface area (Å²) in [5, 5.41) is 6.65. The number of fused-ring (bicyclic) bond motifs is 1. The minimum absolute atomic E-state index is 0. The number of rotatable bonds is 2. The van der Waals surface area contributed by atoms with Crippen molar-refractivity contribution < 1.29 is 4.79 Å². The van der Waals surface area contributed by atoms with Crippen LogP contribution in [0.25, 0.3) is 0 Å². The van der Waals surface area contributed by atoms with Gasteiger partial charge in [-0.1, -0.05) is 31.2 Å². The number of benzene rings is 1. The van der Waals surface area contributed by atoms with Crippen LogP contribution in [0.3, 0.4) is 0 Å². The molecule has 0 saturated carbocycles. The number of halogens is 1. The van der Waals surface area contributed by atoms with E-state index < -0.39 is 0 Å². The van der Waals surface area contributed by atoms with Gasteiger partial charge < -0.3 is 10.6 Å². The zero-order chi connectivity index (χ0) is 13.9. The van der Waals surface area contributed by atoms with Crippen molar-refractivity contribution >= 4 is 18.3 Å². The fourth-order valence-corrected chi connectivity index (χ4v) is 3.50. The van der Waals surface area contributed by atoms with Gasteiger partial charge in [-0.25, -0.2) is 0 Å². The highest BCUT2D eigenvalue weighted by molar-refractivity contribution is 5.85. The number of nitrogens with one attached hydrogen (secondary N) is 2. The molecule has 1 aromatic carbocycles. The summed E-state index contributed by atoms with van der Waals surface area (Å²) in [5.74, 6) is 0.966. The van der Waals surface area contributed by atoms with Gasteiger partial charge in [-0.15, -0.1) is 12.4 Å². The molecule has 0 bridgehead atoms. The van der Waals surface area contributed by atoms with Crippen molar-refractivity contribution in [2.75, 3.05) is 13.1 Å². The molecule has 1 heterocycles. The van der Waals surface area contributed by atoms with E-state index in [0.717, 1.165) is 38.8 Å². The summed E-state index contributed by atoms with van der Waals surface area (Å²) < 4.78 is 0. The van der Waals surface area contributed by atoms with Crippen molar-refractivity contribution in [2.24, 2.45) is 11.8 Å². The van der Waals surface area contributed by atoms with Crippen LogP contribution in [0.15, 0.2) is 24.3 Å². The van der Waals surface area contributed by atoms with Gasteiger partial charge in [0, 0.05) is 5.92 Å². The van der Waals surface area contributed by atoms with Crippen LogP contribution in [0.1, 0.15) is 43.4 Å². The lowest BCUT2D eigenvalue weighted by atomic mass is 9.80. The molecule has 1 amide bonds. The average Bonchev–Trinajstić information content (AvgIpc) is 2.51. The Morgan fingerprint density at radius 3 is 2.67 bits per heavy atom. The first-order valence-corrected chi connectivity index (χ1v) is 7.84. The Morgan fingerprint density at radius 1 is 1.19 bits per heavy atom. The summed E-state index contributed by atoms with van der Waals surface area (Å²) >= 11 is 0. The molecule has 1 fully saturated rings. The zero-order valence-corrected chi connectivity index (χ0v) is 13.4. The Labute approximate surface area is 133 Å². The van der Waals surface area contributed by atoms with Crippen LogP contribution in [0.4, 0.5) is 0 Å². The minimum Gasteiger partial charge on any atom is -0.349 e. The predicted octanol–water partition coefficient (Wildman–Crippen LogP) is 2.85. The van der Waals surface area contributed by atoms with E-state index >= 15 is 0 Å². The van der Waals surface area contributed by atoms with Crippen molar-refractivity contribution in [1.82, 2.24) is 10.6 Å². The first kappa shape index (κ1) is 16.3. The number of carbonyl (C=O) groups excluding carboxylic acids is 1. The number of amides is 1. The van der Waals surface area contributed by atoms with Crippen LogP contribution in [0, 0.1) is 11.8 Å². The Hall–Kier alpha value is -1.06. The number of piperidine rings is 1. The van der Waals surface area contributed by atoms with E-state index in [0.29, 0.717) is 5.92 Å². The maximum absolute atomic E-state index is 12.5. The molecule has 0 radical (unpaired) electrons. The van der Waals surface area contributed by atoms with Crippen LogP contribution in [0.5, 0.6) is 0 Å². The monoisotopic (exact) mass is 308 g/mol. The van der Waals surface area contributed by atoms with Gasteiger partial charge in [-0.05, 0) is 55.8 Å². The SMILES string of the molecule is CC1CCc2ccccc2C1NC(=O)C1CCNCC1.Cl. The van der Waals surface area contributed by atoms with Gasteiger partial charge in [0.25, 0.3) is 0 Å². The quantitative estimate of drug-likeness (QED) is 0.882. The van der Waals surface area contributed by atoms with Crippen LogP contribution in [-0.2, 0) is 11.2 Å². The van der Waals surface area contributed by atoms with E-state index in [1.807, 2.05) is 0 Å². The summed E-state index contributed by atoms with van der Waals surface area (Å²) in [6, 6.07) is 8.76. The molecule has 4 heteroatoms. The van der Waals surface area contributed by atoms with Gasteiger partial charge in [0.15, 0.2) is 0 Å². The van der Waals surface area contributed by atoms with E-state index in [4.69, 9.17) is 0 Å². The Kier molecular flexibility index (Phi) is 5.65. The largest absolute Gasteiger partial charge is 0.349 e. The van der Waals surface area contributed by atoms with Gasteiger partial charge in [-0.2, -0.15) is 0 Å². The number of hydrogen-bond acceptors (Lipinski definition) is 2. The lowest BCUT2D eigenvalue weighted by molar-refractivity contribution is -0.127. The summed E-state index contributed by atoms with van der Waals surface area (Å²) in [7, 11) is 0. The molecule has 0 spiro atoms. The predicted molar refractivity (Wildman–Crippen MR) is 87.7 cm³/mol. The number of hydrogen-bond donors (Lipinski definition) is 2. The number of carbonyl (C=O) groups is 1. The Balaban J connectivity index is 0.00000161. The smallest absolute Gasteiger partial charge is 0.223 e. The highest BCUT2D eigenvalue weighted by Crippen LogP contribution is 2.34. The highest BCUT2D eigenvalue weighted by Gasteiger charge is 2.30. The third-order valence-electron chi connectivity index (χ3n) is 4.84. The zero-order valence-electron chi connectivity index (χ0n) is 12.6. The minimum atomic E-state index is 0. The van der Waals surface area contributed by atoms with Crippen LogP contribution < -0.4 is 10.6 Å². The van der Waals surface area contributed by atoms with Crippen LogP contribution in [0.2, 0.25) is 0 Å². The molecule has 116 valence electrons. The molecular formula is C17H25ClN2O. The lowest BCUT2D eigenvalue weighted by Crippen LogP contribution is -2.42. The Bertz CT molecular complexity index is 485. The molecule has 3 rings (SSSR count). The van der Waals surface area contributed by atoms with E-state index in [9.17, 15) is 4.79 Å². The van der Waals surface area contributed by atoms with Crippen molar-refractivity contribution in [3.8, 4) is 0 Å². The van der Waals surface area contributed by atoms with Gasteiger partial charge in [0.1, 0.15) is 0 Å². The Morgan fingerprint density at radius 2 is 1.90 bits per heavy atom. The summed E-state index contributed by atoms with van der Waals surface area (Å²) in [6.07, 6.45) is 4.23. The molecule has 2 unspecified atom stereocenters. The maximum Gasteiger partial charge on any atom is 0.223 e. The normalized spacial score (nSPS) is 25.6. The third-order valence-corrected chi connectivity index (χ3v) is 4.84. The van der Waals surface area contributed by atoms with E-state index in [1.54, 1.807) is 0 Å². The standard InChI is InChI=1S/C17H24N2O.ClH/c1-12-6-7-13-4-2-3-5-15(13)16(12)19-17(20)14-8-10-18-11-9-14;/h2-5,12,14,16,18H,6-11H2,1H3,(H,19,20);1H. The molecule has 2 aliphatic rings. The molecule has 1 aromatic rings. The second kappa shape index (κ2) is 7.28. The second-order valence-electron chi connectivity index (χ2n) is 6.23. The molecule has 3 nitrogen and oxygen atoms in total. The van der Waals surface area contributed by atoms with Crippen molar-refractivity contribution in [3.05, 3.63) is 35.4 Å². The van der Waals surface area contributed by atoms with E-state index in [-0.39, 0.29) is 30.3 Å².